The number of benzene rings is 1. The lowest BCUT2D eigenvalue weighted by molar-refractivity contribution is -0.132. The molecule has 1 rings (SSSR count). The molecule has 0 aromatic heterocycles. The van der Waals surface area contributed by atoms with Crippen molar-refractivity contribution in [1.82, 2.24) is 10.2 Å². The molecule has 6 heteroatoms. The predicted molar refractivity (Wildman–Crippen MR) is 90.5 cm³/mol. The standard InChI is InChI=1S/C15H21BrN2O2S/c1-10(2)17-14(19)8-18(4)15(20)9-21-13-6-5-12(16)7-11(13)3/h5-7,10H,8-9H2,1-4H3,(H,17,19). The van der Waals surface area contributed by atoms with Gasteiger partial charge in [0.25, 0.3) is 0 Å². The summed E-state index contributed by atoms with van der Waals surface area (Å²) in [6, 6.07) is 6.05. The van der Waals surface area contributed by atoms with Gasteiger partial charge in [0.15, 0.2) is 0 Å². The Balaban J connectivity index is 2.47. The second kappa shape index (κ2) is 8.44. The molecular weight excluding hydrogens is 352 g/mol. The predicted octanol–water partition coefficient (Wildman–Crippen LogP) is 2.83. The Bertz CT molecular complexity index is 520. The summed E-state index contributed by atoms with van der Waals surface area (Å²) in [4.78, 5) is 26.2. The summed E-state index contributed by atoms with van der Waals surface area (Å²) in [5.74, 6) is 0.139. The van der Waals surface area contributed by atoms with Crippen molar-refractivity contribution in [3.8, 4) is 0 Å². The number of aryl methyl sites for hydroxylation is 1. The number of likely N-dealkylation sites (N-methyl/N-ethyl adjacent to an activating group) is 1. The zero-order chi connectivity index (χ0) is 16.0. The fourth-order valence-corrected chi connectivity index (χ4v) is 3.12. The first-order chi connectivity index (χ1) is 9.79. The molecule has 0 aliphatic carbocycles. The first-order valence-corrected chi connectivity index (χ1v) is 8.49. The van der Waals surface area contributed by atoms with Crippen molar-refractivity contribution in [2.24, 2.45) is 0 Å². The van der Waals surface area contributed by atoms with E-state index >= 15 is 0 Å². The highest BCUT2D eigenvalue weighted by Gasteiger charge is 2.14. The molecule has 2 amide bonds. The Morgan fingerprint density at radius 2 is 2.05 bits per heavy atom. The van der Waals surface area contributed by atoms with Gasteiger partial charge in [-0.25, -0.2) is 0 Å². The number of hydrogen-bond acceptors (Lipinski definition) is 3. The van der Waals surface area contributed by atoms with Crippen LogP contribution in [0, 0.1) is 6.92 Å². The Kier molecular flexibility index (Phi) is 7.25. The lowest BCUT2D eigenvalue weighted by Gasteiger charge is -2.18. The minimum absolute atomic E-state index is 0.0544. The quantitative estimate of drug-likeness (QED) is 0.781. The average molecular weight is 373 g/mol. The van der Waals surface area contributed by atoms with E-state index < -0.39 is 0 Å². The number of carbonyl (C=O) groups excluding carboxylic acids is 2. The van der Waals surface area contributed by atoms with Crippen molar-refractivity contribution in [3.05, 3.63) is 28.2 Å². The fraction of sp³-hybridized carbons (Fsp3) is 0.467. The first kappa shape index (κ1) is 18.0. The van der Waals surface area contributed by atoms with Crippen LogP contribution in [0.15, 0.2) is 27.6 Å². The molecule has 0 unspecified atom stereocenters. The van der Waals surface area contributed by atoms with Crippen molar-refractivity contribution in [2.45, 2.75) is 31.7 Å². The first-order valence-electron chi connectivity index (χ1n) is 6.72. The van der Waals surface area contributed by atoms with Crippen LogP contribution in [-0.2, 0) is 9.59 Å². The monoisotopic (exact) mass is 372 g/mol. The molecule has 0 radical (unpaired) electrons. The molecule has 1 N–H and O–H groups in total. The van der Waals surface area contributed by atoms with E-state index in [4.69, 9.17) is 0 Å². The third kappa shape index (κ3) is 6.52. The second-order valence-corrected chi connectivity index (χ2v) is 7.10. The van der Waals surface area contributed by atoms with E-state index in [-0.39, 0.29) is 24.4 Å². The van der Waals surface area contributed by atoms with E-state index in [0.29, 0.717) is 5.75 Å². The topological polar surface area (TPSA) is 49.4 Å². The Labute approximate surface area is 138 Å². The van der Waals surface area contributed by atoms with E-state index in [1.54, 1.807) is 7.05 Å². The number of rotatable bonds is 6. The molecule has 0 saturated carbocycles. The summed E-state index contributed by atoms with van der Waals surface area (Å²) in [7, 11) is 1.65. The minimum Gasteiger partial charge on any atom is -0.352 e. The third-order valence-corrected chi connectivity index (χ3v) is 4.40. The van der Waals surface area contributed by atoms with Crippen LogP contribution in [0.2, 0.25) is 0 Å². The van der Waals surface area contributed by atoms with E-state index in [0.717, 1.165) is 14.9 Å². The van der Waals surface area contributed by atoms with Crippen molar-refractivity contribution < 1.29 is 9.59 Å². The molecule has 0 fully saturated rings. The Morgan fingerprint density at radius 3 is 2.62 bits per heavy atom. The van der Waals surface area contributed by atoms with Gasteiger partial charge in [-0.1, -0.05) is 15.9 Å². The second-order valence-electron chi connectivity index (χ2n) is 5.17. The molecule has 0 aliphatic heterocycles. The van der Waals surface area contributed by atoms with Crippen molar-refractivity contribution in [2.75, 3.05) is 19.3 Å². The van der Waals surface area contributed by atoms with Crippen LogP contribution in [0.1, 0.15) is 19.4 Å². The Hall–Kier alpha value is -1.01. The van der Waals surface area contributed by atoms with Crippen LogP contribution in [0.4, 0.5) is 0 Å². The SMILES string of the molecule is Cc1cc(Br)ccc1SCC(=O)N(C)CC(=O)NC(C)C. The van der Waals surface area contributed by atoms with E-state index in [1.807, 2.05) is 39.0 Å². The van der Waals surface area contributed by atoms with Crippen molar-refractivity contribution in [3.63, 3.8) is 0 Å². The zero-order valence-corrected chi connectivity index (χ0v) is 15.2. The van der Waals surface area contributed by atoms with Crippen LogP contribution >= 0.6 is 27.7 Å². The molecule has 1 aromatic rings. The highest BCUT2D eigenvalue weighted by Crippen LogP contribution is 2.25. The van der Waals surface area contributed by atoms with Gasteiger partial charge < -0.3 is 10.2 Å². The molecule has 0 saturated heterocycles. The molecule has 0 aliphatic rings. The number of nitrogens with one attached hydrogen (secondary N) is 1. The number of halogens is 1. The lowest BCUT2D eigenvalue weighted by atomic mass is 10.2. The van der Waals surface area contributed by atoms with Gasteiger partial charge in [-0.05, 0) is 44.5 Å². The zero-order valence-electron chi connectivity index (χ0n) is 12.8. The maximum Gasteiger partial charge on any atom is 0.239 e. The van der Waals surface area contributed by atoms with Gasteiger partial charge in [0, 0.05) is 22.5 Å². The van der Waals surface area contributed by atoms with Gasteiger partial charge in [0.05, 0.1) is 12.3 Å². The van der Waals surface area contributed by atoms with Gasteiger partial charge in [0.2, 0.25) is 11.8 Å². The van der Waals surface area contributed by atoms with E-state index in [9.17, 15) is 9.59 Å². The molecular formula is C15H21BrN2O2S. The van der Waals surface area contributed by atoms with Gasteiger partial charge in [0.1, 0.15) is 0 Å². The molecule has 0 bridgehead atoms. The maximum atomic E-state index is 12.0. The molecule has 21 heavy (non-hydrogen) atoms. The minimum atomic E-state index is -0.134. The van der Waals surface area contributed by atoms with Crippen LogP contribution < -0.4 is 5.32 Å². The van der Waals surface area contributed by atoms with Gasteiger partial charge >= 0.3 is 0 Å². The number of nitrogens with zero attached hydrogens (tertiary/aromatic N) is 1. The normalized spacial score (nSPS) is 10.6. The summed E-state index contributed by atoms with van der Waals surface area (Å²) in [6.45, 7) is 5.89. The van der Waals surface area contributed by atoms with Crippen LogP contribution in [0.5, 0.6) is 0 Å². The average Bonchev–Trinajstić information content (AvgIpc) is 2.36. The summed E-state index contributed by atoms with van der Waals surface area (Å²) in [5, 5.41) is 2.77. The number of amides is 2. The van der Waals surface area contributed by atoms with Crippen molar-refractivity contribution >= 4 is 39.5 Å². The third-order valence-electron chi connectivity index (χ3n) is 2.74. The molecule has 0 spiro atoms. The highest BCUT2D eigenvalue weighted by atomic mass is 79.9. The fourth-order valence-electron chi connectivity index (χ4n) is 1.70. The smallest absolute Gasteiger partial charge is 0.239 e. The largest absolute Gasteiger partial charge is 0.352 e. The number of thioether (sulfide) groups is 1. The number of carbonyl (C=O) groups is 2. The van der Waals surface area contributed by atoms with Crippen LogP contribution in [0.25, 0.3) is 0 Å². The summed E-state index contributed by atoms with van der Waals surface area (Å²) < 4.78 is 1.03. The molecule has 116 valence electrons. The number of hydrogen-bond donors (Lipinski definition) is 1. The van der Waals surface area contributed by atoms with Crippen LogP contribution in [-0.4, -0.2) is 42.1 Å². The van der Waals surface area contributed by atoms with Gasteiger partial charge in [-0.3, -0.25) is 9.59 Å². The summed E-state index contributed by atoms with van der Waals surface area (Å²) in [5.41, 5.74) is 1.13. The van der Waals surface area contributed by atoms with Crippen molar-refractivity contribution in [1.29, 1.82) is 0 Å². The molecule has 4 nitrogen and oxygen atoms in total. The van der Waals surface area contributed by atoms with E-state index in [1.165, 1.54) is 16.7 Å². The van der Waals surface area contributed by atoms with E-state index in [2.05, 4.69) is 21.2 Å². The summed E-state index contributed by atoms with van der Waals surface area (Å²) >= 11 is 4.91. The summed E-state index contributed by atoms with van der Waals surface area (Å²) in [6.07, 6.45) is 0. The molecule has 1 aromatic carbocycles. The highest BCUT2D eigenvalue weighted by molar-refractivity contribution is 9.10. The Morgan fingerprint density at radius 1 is 1.38 bits per heavy atom. The molecule has 0 heterocycles. The van der Waals surface area contributed by atoms with Gasteiger partial charge in [-0.2, -0.15) is 0 Å². The van der Waals surface area contributed by atoms with Gasteiger partial charge in [-0.15, -0.1) is 11.8 Å². The lowest BCUT2D eigenvalue weighted by Crippen LogP contribution is -2.41. The maximum absolute atomic E-state index is 12.0. The van der Waals surface area contributed by atoms with Crippen LogP contribution in [0.3, 0.4) is 0 Å². The molecule has 0 atom stereocenters.